The molecule has 0 aromatic carbocycles. The average molecular weight is 489 g/mol. The summed E-state index contributed by atoms with van der Waals surface area (Å²) in [4.78, 5) is 25.9. The zero-order chi connectivity index (χ0) is 24.0. The minimum Gasteiger partial charge on any atom is -0.461 e. The Morgan fingerprint density at radius 3 is 1.83 bits per heavy atom. The van der Waals surface area contributed by atoms with Crippen LogP contribution >= 0.6 is 0 Å². The highest BCUT2D eigenvalue weighted by Crippen LogP contribution is 2.75. The van der Waals surface area contributed by atoms with Crippen molar-refractivity contribution in [2.45, 2.75) is 95.5 Å². The lowest BCUT2D eigenvalue weighted by Crippen LogP contribution is -2.67. The van der Waals surface area contributed by atoms with Crippen molar-refractivity contribution < 1.29 is 27.8 Å². The van der Waals surface area contributed by atoms with Gasteiger partial charge in [-0.25, -0.2) is 4.79 Å². The second-order valence-corrected chi connectivity index (χ2v) is 14.9. The van der Waals surface area contributed by atoms with Crippen LogP contribution in [-0.2, 0) is 19.1 Å². The van der Waals surface area contributed by atoms with Crippen molar-refractivity contribution >= 4 is 11.9 Å². The van der Waals surface area contributed by atoms with Gasteiger partial charge in [0.25, 0.3) is 0 Å². The van der Waals surface area contributed by atoms with Crippen LogP contribution in [0.4, 0.5) is 8.78 Å². The van der Waals surface area contributed by atoms with Crippen molar-refractivity contribution in [2.24, 2.45) is 64.1 Å². The van der Waals surface area contributed by atoms with E-state index in [1.54, 1.807) is 0 Å². The number of ether oxygens (including phenoxy) is 2. The molecule has 0 aliphatic heterocycles. The molecule has 11 aliphatic carbocycles. The van der Waals surface area contributed by atoms with Gasteiger partial charge in [0.05, 0.1) is 12.0 Å². The first-order valence-electron chi connectivity index (χ1n) is 14.3. The lowest BCUT2D eigenvalue weighted by atomic mass is 9.33. The molecule has 11 aliphatic rings. The first-order valence-corrected chi connectivity index (χ1v) is 14.3. The molecule has 0 N–H and O–H groups in total. The maximum absolute atomic E-state index is 14.1. The Balaban J connectivity index is 1.03. The van der Waals surface area contributed by atoms with Gasteiger partial charge < -0.3 is 9.47 Å². The third-order valence-electron chi connectivity index (χ3n) is 12.7. The topological polar surface area (TPSA) is 52.6 Å². The van der Waals surface area contributed by atoms with E-state index >= 15 is 0 Å². The van der Waals surface area contributed by atoms with Crippen molar-refractivity contribution in [3.63, 3.8) is 0 Å². The fourth-order valence-electron chi connectivity index (χ4n) is 12.5. The Hall–Kier alpha value is -1.20. The van der Waals surface area contributed by atoms with Gasteiger partial charge in [0.1, 0.15) is 5.60 Å². The molecule has 35 heavy (non-hydrogen) atoms. The van der Waals surface area contributed by atoms with Crippen molar-refractivity contribution in [1.29, 1.82) is 0 Å². The molecule has 0 heterocycles. The zero-order valence-corrected chi connectivity index (χ0v) is 20.8. The summed E-state index contributed by atoms with van der Waals surface area (Å²) in [6.45, 7) is 0.632. The van der Waals surface area contributed by atoms with E-state index in [9.17, 15) is 18.4 Å². The molecule has 0 saturated heterocycles. The maximum Gasteiger partial charge on any atom is 0.376 e. The summed E-state index contributed by atoms with van der Waals surface area (Å²) in [5.41, 5.74) is -1.07. The van der Waals surface area contributed by atoms with Gasteiger partial charge in [-0.2, -0.15) is 8.78 Å². The Bertz CT molecular complexity index is 909. The minimum atomic E-state index is -3.47. The van der Waals surface area contributed by atoms with Gasteiger partial charge in [0.2, 0.25) is 0 Å². The molecule has 2 atom stereocenters. The number of carbonyl (C=O) groups is 2. The van der Waals surface area contributed by atoms with E-state index in [2.05, 4.69) is 0 Å². The SMILES string of the molecule is CC(F)(F)C(=O)OCC12CC3CC(C1)CC(OC(=O)C14CC5C6CC7CC5C(C1)C(C7)C6C4)(C3)C2. The number of hydrogen-bond acceptors (Lipinski definition) is 4. The largest absolute Gasteiger partial charge is 0.461 e. The van der Waals surface area contributed by atoms with Gasteiger partial charge in [-0.1, -0.05) is 0 Å². The van der Waals surface area contributed by atoms with Crippen molar-refractivity contribution in [3.05, 3.63) is 0 Å². The lowest BCUT2D eigenvalue weighted by molar-refractivity contribution is -0.255. The smallest absolute Gasteiger partial charge is 0.376 e. The summed E-state index contributed by atoms with van der Waals surface area (Å²) < 4.78 is 38.8. The molecular formula is C29H38F2O4. The number of esters is 2. The van der Waals surface area contributed by atoms with E-state index in [-0.39, 0.29) is 23.4 Å². The van der Waals surface area contributed by atoms with Gasteiger partial charge in [0.15, 0.2) is 0 Å². The molecule has 11 rings (SSSR count). The van der Waals surface area contributed by atoms with Crippen LogP contribution in [0, 0.1) is 64.1 Å². The van der Waals surface area contributed by atoms with Crippen LogP contribution in [0.5, 0.6) is 0 Å². The van der Waals surface area contributed by atoms with Crippen molar-refractivity contribution in [1.82, 2.24) is 0 Å². The molecular weight excluding hydrogens is 450 g/mol. The lowest BCUT2D eigenvalue weighted by Gasteiger charge is -2.72. The van der Waals surface area contributed by atoms with E-state index in [1.165, 1.54) is 19.3 Å². The van der Waals surface area contributed by atoms with Gasteiger partial charge in [-0.15, -0.1) is 0 Å². The van der Waals surface area contributed by atoms with Crippen LogP contribution in [0.15, 0.2) is 0 Å². The van der Waals surface area contributed by atoms with E-state index in [0.717, 1.165) is 92.8 Å². The highest BCUT2D eigenvalue weighted by molar-refractivity contribution is 5.78. The molecule has 2 unspecified atom stereocenters. The summed E-state index contributed by atoms with van der Waals surface area (Å²) in [6.07, 6.45) is 12.8. The zero-order valence-electron chi connectivity index (χ0n) is 20.8. The quantitative estimate of drug-likeness (QED) is 0.461. The Kier molecular flexibility index (Phi) is 4.13. The van der Waals surface area contributed by atoms with E-state index in [4.69, 9.17) is 9.47 Å². The normalized spacial score (nSPS) is 56.0. The van der Waals surface area contributed by atoms with Crippen LogP contribution in [0.2, 0.25) is 0 Å². The molecule has 192 valence electrons. The number of hydrogen-bond donors (Lipinski definition) is 0. The van der Waals surface area contributed by atoms with E-state index in [0.29, 0.717) is 25.2 Å². The number of carbonyl (C=O) groups excluding carboxylic acids is 2. The minimum absolute atomic E-state index is 0.0329. The second-order valence-electron chi connectivity index (χ2n) is 14.9. The molecule has 11 saturated carbocycles. The molecule has 0 spiro atoms. The molecule has 11 fully saturated rings. The fourth-order valence-corrected chi connectivity index (χ4v) is 12.5. The summed E-state index contributed by atoms with van der Waals surface area (Å²) in [6, 6.07) is 0. The molecule has 6 heteroatoms. The molecule has 0 aromatic heterocycles. The van der Waals surface area contributed by atoms with Crippen molar-refractivity contribution in [3.8, 4) is 0 Å². The van der Waals surface area contributed by atoms with Gasteiger partial charge in [-0.3, -0.25) is 4.79 Å². The van der Waals surface area contributed by atoms with Gasteiger partial charge >= 0.3 is 17.9 Å². The Labute approximate surface area is 206 Å². The Morgan fingerprint density at radius 2 is 1.31 bits per heavy atom. The molecule has 0 radical (unpaired) electrons. The molecule has 4 nitrogen and oxygen atoms in total. The highest BCUT2D eigenvalue weighted by atomic mass is 19.3. The maximum atomic E-state index is 14.1. The highest BCUT2D eigenvalue weighted by Gasteiger charge is 2.70. The van der Waals surface area contributed by atoms with Gasteiger partial charge in [-0.05, 0) is 130 Å². The summed E-state index contributed by atoms with van der Waals surface area (Å²) >= 11 is 0. The third kappa shape index (κ3) is 2.94. The van der Waals surface area contributed by atoms with Crippen LogP contribution in [0.25, 0.3) is 0 Å². The third-order valence-corrected chi connectivity index (χ3v) is 12.7. The van der Waals surface area contributed by atoms with Crippen LogP contribution in [0.1, 0.15) is 84.0 Å². The number of rotatable bonds is 5. The molecule has 0 amide bonds. The van der Waals surface area contributed by atoms with Gasteiger partial charge in [0, 0.05) is 12.3 Å². The first-order chi connectivity index (χ1) is 16.6. The Morgan fingerprint density at radius 1 is 0.771 bits per heavy atom. The molecule has 0 aromatic rings. The summed E-state index contributed by atoms with van der Waals surface area (Å²) in [5.74, 6) is 1.82. The predicted octanol–water partition coefficient (Wildman–Crippen LogP) is 5.78. The van der Waals surface area contributed by atoms with Crippen LogP contribution in [-0.4, -0.2) is 30.1 Å². The standard InChI is InChI=1S/C29H38F2O4/c1-26(30,31)24(32)34-14-27-6-16-2-17(7-27)9-29(8-16,13-27)35-25(33)28-10-21-18-3-15-4-19(21)23(12-28)20(5-15)22(18)11-28/h15-23H,2-14H2,1H3. The average Bonchev–Trinajstić information content (AvgIpc) is 2.78. The summed E-state index contributed by atoms with van der Waals surface area (Å²) in [5, 5.41) is 0. The number of halogens is 2. The monoisotopic (exact) mass is 488 g/mol. The fraction of sp³-hybridized carbons (Fsp3) is 0.931. The number of alkyl halides is 2. The first kappa shape index (κ1) is 21.8. The van der Waals surface area contributed by atoms with Crippen LogP contribution < -0.4 is 0 Å². The summed E-state index contributed by atoms with van der Waals surface area (Å²) in [7, 11) is 0. The molecule has 12 bridgehead atoms. The van der Waals surface area contributed by atoms with Crippen molar-refractivity contribution in [2.75, 3.05) is 6.61 Å². The van der Waals surface area contributed by atoms with Crippen LogP contribution in [0.3, 0.4) is 0 Å². The van der Waals surface area contributed by atoms with E-state index < -0.39 is 17.5 Å². The second kappa shape index (κ2) is 6.62. The predicted molar refractivity (Wildman–Crippen MR) is 122 cm³/mol. The van der Waals surface area contributed by atoms with E-state index in [1.807, 2.05) is 0 Å².